The van der Waals surface area contributed by atoms with Crippen LogP contribution in [0.4, 0.5) is 0 Å². The normalized spacial score (nSPS) is 16.7. The van der Waals surface area contributed by atoms with Gasteiger partial charge in [0.1, 0.15) is 0 Å². The molecule has 3 nitrogen and oxygen atoms in total. The molecule has 0 saturated heterocycles. The molecular formula is C14H20Cl2N2O. The van der Waals surface area contributed by atoms with Crippen molar-refractivity contribution >= 4 is 29.9 Å². The first-order valence-corrected chi connectivity index (χ1v) is 6.77. The summed E-state index contributed by atoms with van der Waals surface area (Å²) in [7, 11) is 0. The first-order chi connectivity index (χ1) is 8.68. The largest absolute Gasteiger partial charge is 0.351 e. The number of halogens is 2. The third-order valence-electron chi connectivity index (χ3n) is 3.83. The number of hydrogen-bond acceptors (Lipinski definition) is 2. The van der Waals surface area contributed by atoms with Gasteiger partial charge in [0.15, 0.2) is 0 Å². The average Bonchev–Trinajstić information content (AvgIpc) is 2.87. The first-order valence-electron chi connectivity index (χ1n) is 6.40. The molecule has 1 aromatic rings. The lowest BCUT2D eigenvalue weighted by Gasteiger charge is -2.25. The number of benzene rings is 1. The molecule has 0 bridgehead atoms. The Morgan fingerprint density at radius 2 is 1.95 bits per heavy atom. The van der Waals surface area contributed by atoms with E-state index in [0.717, 1.165) is 31.2 Å². The second-order valence-electron chi connectivity index (χ2n) is 4.97. The molecule has 1 fully saturated rings. The van der Waals surface area contributed by atoms with Crippen LogP contribution in [0.2, 0.25) is 5.02 Å². The van der Waals surface area contributed by atoms with E-state index < -0.39 is 0 Å². The van der Waals surface area contributed by atoms with Gasteiger partial charge in [-0.05, 0) is 24.5 Å². The summed E-state index contributed by atoms with van der Waals surface area (Å²) in [4.78, 5) is 12.2. The van der Waals surface area contributed by atoms with Crippen molar-refractivity contribution in [3.63, 3.8) is 0 Å². The van der Waals surface area contributed by atoms with Crippen molar-refractivity contribution in [1.82, 2.24) is 5.32 Å². The Labute approximate surface area is 125 Å². The van der Waals surface area contributed by atoms with Gasteiger partial charge in [0, 0.05) is 18.1 Å². The molecule has 106 valence electrons. The van der Waals surface area contributed by atoms with E-state index in [1.165, 1.54) is 0 Å². The molecule has 1 aromatic carbocycles. The van der Waals surface area contributed by atoms with Crippen molar-refractivity contribution < 1.29 is 4.79 Å². The Balaban J connectivity index is 0.00000180. The van der Waals surface area contributed by atoms with E-state index in [1.54, 1.807) is 0 Å². The maximum absolute atomic E-state index is 12.2. The molecule has 0 radical (unpaired) electrons. The quantitative estimate of drug-likeness (QED) is 0.898. The van der Waals surface area contributed by atoms with Gasteiger partial charge in [-0.3, -0.25) is 4.79 Å². The number of carbonyl (C=O) groups is 1. The predicted molar refractivity (Wildman–Crippen MR) is 80.5 cm³/mol. The third-order valence-corrected chi connectivity index (χ3v) is 4.20. The molecule has 5 heteroatoms. The summed E-state index contributed by atoms with van der Waals surface area (Å²) >= 11 is 6.06. The lowest BCUT2D eigenvalue weighted by atomic mass is 9.85. The van der Waals surface area contributed by atoms with Gasteiger partial charge in [0.2, 0.25) is 5.91 Å². The number of amides is 1. The minimum absolute atomic E-state index is 0. The molecule has 2 rings (SSSR count). The number of rotatable bonds is 4. The molecular weight excluding hydrogens is 283 g/mol. The van der Waals surface area contributed by atoms with Crippen LogP contribution in [0.5, 0.6) is 0 Å². The van der Waals surface area contributed by atoms with Crippen molar-refractivity contribution in [2.24, 2.45) is 11.1 Å². The van der Waals surface area contributed by atoms with E-state index in [4.69, 9.17) is 17.3 Å². The summed E-state index contributed by atoms with van der Waals surface area (Å²) in [5, 5.41) is 3.66. The van der Waals surface area contributed by atoms with E-state index in [0.29, 0.717) is 18.1 Å². The fraction of sp³-hybridized carbons (Fsp3) is 0.500. The summed E-state index contributed by atoms with van der Waals surface area (Å²) < 4.78 is 0. The van der Waals surface area contributed by atoms with Gasteiger partial charge in [-0.2, -0.15) is 0 Å². The van der Waals surface area contributed by atoms with Gasteiger partial charge >= 0.3 is 0 Å². The van der Waals surface area contributed by atoms with Crippen LogP contribution in [0.15, 0.2) is 24.3 Å². The Morgan fingerprint density at radius 3 is 2.53 bits per heavy atom. The summed E-state index contributed by atoms with van der Waals surface area (Å²) in [6.07, 6.45) is 3.99. The molecule has 0 heterocycles. The molecule has 0 aromatic heterocycles. The van der Waals surface area contributed by atoms with E-state index in [-0.39, 0.29) is 23.7 Å². The Morgan fingerprint density at radius 1 is 1.32 bits per heavy atom. The fourth-order valence-electron chi connectivity index (χ4n) is 2.58. The lowest BCUT2D eigenvalue weighted by Crippen LogP contribution is -2.43. The maximum Gasteiger partial charge on any atom is 0.227 e. The lowest BCUT2D eigenvalue weighted by molar-refractivity contribution is -0.130. The van der Waals surface area contributed by atoms with Crippen LogP contribution in [0.1, 0.15) is 31.2 Å². The van der Waals surface area contributed by atoms with Gasteiger partial charge in [0.25, 0.3) is 0 Å². The second-order valence-corrected chi connectivity index (χ2v) is 5.37. The topological polar surface area (TPSA) is 55.1 Å². The van der Waals surface area contributed by atoms with E-state index in [1.807, 2.05) is 24.3 Å². The second kappa shape index (κ2) is 7.13. The predicted octanol–water partition coefficient (Wildman–Crippen LogP) is 2.90. The molecule has 3 N–H and O–H groups in total. The first kappa shape index (κ1) is 16.3. The highest BCUT2D eigenvalue weighted by Crippen LogP contribution is 2.37. The monoisotopic (exact) mass is 302 g/mol. The van der Waals surface area contributed by atoms with Crippen LogP contribution in [0, 0.1) is 5.41 Å². The Bertz CT molecular complexity index is 431. The Kier molecular flexibility index (Phi) is 6.11. The molecule has 1 saturated carbocycles. The van der Waals surface area contributed by atoms with Crippen LogP contribution >= 0.6 is 24.0 Å². The van der Waals surface area contributed by atoms with Crippen LogP contribution in [0.3, 0.4) is 0 Å². The highest BCUT2D eigenvalue weighted by molar-refractivity contribution is 6.31. The third kappa shape index (κ3) is 3.62. The zero-order valence-corrected chi connectivity index (χ0v) is 12.4. The van der Waals surface area contributed by atoms with Crippen LogP contribution in [-0.2, 0) is 11.3 Å². The van der Waals surface area contributed by atoms with Gasteiger partial charge in [-0.25, -0.2) is 0 Å². The summed E-state index contributed by atoms with van der Waals surface area (Å²) in [5.74, 6) is 0.0717. The zero-order valence-electron chi connectivity index (χ0n) is 10.8. The van der Waals surface area contributed by atoms with Crippen molar-refractivity contribution in [2.45, 2.75) is 32.2 Å². The molecule has 0 atom stereocenters. The minimum Gasteiger partial charge on any atom is -0.351 e. The van der Waals surface area contributed by atoms with E-state index in [9.17, 15) is 4.79 Å². The number of hydrogen-bond donors (Lipinski definition) is 2. The maximum atomic E-state index is 12.2. The van der Waals surface area contributed by atoms with Crippen LogP contribution in [0.25, 0.3) is 0 Å². The molecule has 1 aliphatic carbocycles. The summed E-state index contributed by atoms with van der Waals surface area (Å²) in [6.45, 7) is 0.904. The van der Waals surface area contributed by atoms with Gasteiger partial charge in [0.05, 0.1) is 5.41 Å². The van der Waals surface area contributed by atoms with E-state index in [2.05, 4.69) is 5.32 Å². The smallest absolute Gasteiger partial charge is 0.227 e. The molecule has 0 unspecified atom stereocenters. The standard InChI is InChI=1S/C14H19ClN2O.ClH/c15-12-6-2-1-5-11(12)9-17-13(18)14(10-16)7-3-4-8-14;/h1-2,5-6H,3-4,7-10,16H2,(H,17,18);1H. The average molecular weight is 303 g/mol. The zero-order chi connectivity index (χ0) is 13.0. The molecule has 0 spiro atoms. The van der Waals surface area contributed by atoms with Crippen molar-refractivity contribution in [3.8, 4) is 0 Å². The number of carbonyl (C=O) groups excluding carboxylic acids is 1. The minimum atomic E-state index is -0.346. The van der Waals surface area contributed by atoms with Crippen molar-refractivity contribution in [1.29, 1.82) is 0 Å². The van der Waals surface area contributed by atoms with Crippen molar-refractivity contribution in [3.05, 3.63) is 34.9 Å². The number of nitrogens with one attached hydrogen (secondary N) is 1. The van der Waals surface area contributed by atoms with Crippen LogP contribution < -0.4 is 11.1 Å². The van der Waals surface area contributed by atoms with E-state index >= 15 is 0 Å². The highest BCUT2D eigenvalue weighted by atomic mass is 35.5. The molecule has 1 amide bonds. The Hall–Kier alpha value is -0.770. The molecule has 1 aliphatic rings. The van der Waals surface area contributed by atoms with Gasteiger partial charge < -0.3 is 11.1 Å². The van der Waals surface area contributed by atoms with Gasteiger partial charge in [-0.1, -0.05) is 42.6 Å². The van der Waals surface area contributed by atoms with Crippen molar-refractivity contribution in [2.75, 3.05) is 6.54 Å². The SMILES string of the molecule is Cl.NCC1(C(=O)NCc2ccccc2Cl)CCCC1. The fourth-order valence-corrected chi connectivity index (χ4v) is 2.78. The highest BCUT2D eigenvalue weighted by Gasteiger charge is 2.39. The summed E-state index contributed by atoms with van der Waals surface area (Å²) in [6, 6.07) is 7.55. The number of nitrogens with two attached hydrogens (primary N) is 1. The summed E-state index contributed by atoms with van der Waals surface area (Å²) in [5.41, 5.74) is 6.38. The van der Waals surface area contributed by atoms with Gasteiger partial charge in [-0.15, -0.1) is 12.4 Å². The molecule has 0 aliphatic heterocycles. The molecule has 19 heavy (non-hydrogen) atoms. The van der Waals surface area contributed by atoms with Crippen LogP contribution in [-0.4, -0.2) is 12.5 Å².